The van der Waals surface area contributed by atoms with E-state index in [9.17, 15) is 74.4 Å². The second-order valence-corrected chi connectivity index (χ2v) is 15.2. The van der Waals surface area contributed by atoms with Gasteiger partial charge in [-0.15, -0.1) is 12.4 Å². The smallest absolute Gasteiger partial charge is 0.491 e. The molecule has 6 rings (SSSR count). The minimum absolute atomic E-state index is 0. The Hall–Kier alpha value is -6.72. The summed E-state index contributed by atoms with van der Waals surface area (Å²) in [5.41, 5.74) is 0.0914. The third-order valence-electron chi connectivity index (χ3n) is 11.0. The lowest BCUT2D eigenvalue weighted by Gasteiger charge is -2.17. The summed E-state index contributed by atoms with van der Waals surface area (Å²) in [5, 5.41) is 35.5. The van der Waals surface area contributed by atoms with Crippen LogP contribution in [0.3, 0.4) is 0 Å². The van der Waals surface area contributed by atoms with Crippen molar-refractivity contribution in [2.45, 2.75) is 71.1 Å². The molecule has 0 aliphatic rings. The number of alkyl halides is 8. The van der Waals surface area contributed by atoms with Gasteiger partial charge >= 0.3 is 30.3 Å². The van der Waals surface area contributed by atoms with Crippen molar-refractivity contribution in [3.8, 4) is 34.0 Å². The zero-order valence-electron chi connectivity index (χ0n) is 36.6. The Labute approximate surface area is 386 Å². The van der Waals surface area contributed by atoms with E-state index in [1.54, 1.807) is 36.7 Å². The van der Waals surface area contributed by atoms with Crippen LogP contribution in [-0.4, -0.2) is 90.1 Å². The fraction of sp³-hybridized carbons (Fsp3) is 0.341. The van der Waals surface area contributed by atoms with Gasteiger partial charge in [-0.3, -0.25) is 9.59 Å². The zero-order chi connectivity index (χ0) is 49.9. The van der Waals surface area contributed by atoms with Crippen molar-refractivity contribution < 1.29 is 69.6 Å². The molecule has 15 nitrogen and oxygen atoms in total. The molecule has 2 aromatic carbocycles. The van der Waals surface area contributed by atoms with E-state index in [2.05, 4.69) is 25.3 Å². The van der Waals surface area contributed by atoms with Gasteiger partial charge in [0.2, 0.25) is 0 Å². The van der Waals surface area contributed by atoms with E-state index >= 15 is 0 Å². The number of esters is 1. The number of nitrogens with zero attached hydrogens (tertiary/aromatic N) is 2. The molecule has 0 unspecified atom stereocenters. The number of nitrogens with one attached hydrogen (secondary N) is 4. The quantitative estimate of drug-likeness (QED) is 0.0392. The van der Waals surface area contributed by atoms with E-state index in [4.69, 9.17) is 0 Å². The van der Waals surface area contributed by atoms with Crippen LogP contribution in [0.4, 0.5) is 35.1 Å². The Balaban J connectivity index is 0.000000298. The number of carbonyl (C=O) groups excluding carboxylic acids is 1. The number of hydrogen-bond acceptors (Lipinski definition) is 9. The minimum Gasteiger partial charge on any atom is -0.506 e. The second kappa shape index (κ2) is 21.5. The molecule has 368 valence electrons. The number of aromatic amines is 2. The number of pyridine rings is 2. The molecule has 0 fully saturated rings. The molecule has 0 aliphatic heterocycles. The summed E-state index contributed by atoms with van der Waals surface area (Å²) in [4.78, 5) is 64.0. The number of carboxylic acid groups (broad SMARTS) is 2. The minimum atomic E-state index is -5.44. The van der Waals surface area contributed by atoms with Crippen LogP contribution in [0.5, 0.6) is 11.5 Å². The largest absolute Gasteiger partial charge is 0.506 e. The topological polar surface area (TPSA) is 221 Å². The summed E-state index contributed by atoms with van der Waals surface area (Å²) >= 11 is 0. The standard InChI is InChI=1S/C23H21F6N3O5.C21H23F2N3O4.ClH/c1-4-14-17(31-19(33)16(20(34)35)18(14)37-21(36)23(27,28)29)11-5-6-15-12(7-11)8-13(32(15)3)9-30-10(2)22(24,25)26;1-3-15-18(25-20(28)17(19(15)27)21(29)30)11-4-5-16-12(6-11)7-14(26(16)2)10-24-13(8-22)9-23;/h5-8,10,30H,4,9H2,1-3H3,(H,31,33)(H,34,35);4-7,13,24H,3,8-10H2,1-2H3,(H,29,30)(H2,25,27,28);1H/t10-;;/m0../s1. The number of carboxylic acids is 2. The molecule has 0 spiro atoms. The van der Waals surface area contributed by atoms with E-state index in [1.165, 1.54) is 19.1 Å². The summed E-state index contributed by atoms with van der Waals surface area (Å²) in [6.45, 7) is 2.75. The molecule has 6 aromatic rings. The first-order valence-electron chi connectivity index (χ1n) is 20.2. The molecule has 0 radical (unpaired) electrons. The Morgan fingerprint density at radius 2 is 1.16 bits per heavy atom. The number of carbonyl (C=O) groups is 3. The first-order valence-corrected chi connectivity index (χ1v) is 20.2. The number of benzene rings is 2. The first-order chi connectivity index (χ1) is 31.4. The second-order valence-electron chi connectivity index (χ2n) is 15.2. The molecule has 0 saturated carbocycles. The molecular formula is C44H45ClF8N6O9. The molecule has 0 saturated heterocycles. The molecule has 7 N–H and O–H groups in total. The molecule has 0 amide bonds. The van der Waals surface area contributed by atoms with Crippen molar-refractivity contribution >= 4 is 52.1 Å². The molecule has 68 heavy (non-hydrogen) atoms. The van der Waals surface area contributed by atoms with Crippen LogP contribution >= 0.6 is 12.4 Å². The maximum Gasteiger partial charge on any atom is 0.491 e. The molecule has 24 heteroatoms. The number of aromatic nitrogens is 4. The van der Waals surface area contributed by atoms with Crippen LogP contribution in [0.15, 0.2) is 58.1 Å². The Bertz CT molecular complexity index is 2970. The van der Waals surface area contributed by atoms with Gasteiger partial charge in [-0.25, -0.2) is 23.2 Å². The normalized spacial score (nSPS) is 12.2. The number of rotatable bonds is 15. The van der Waals surface area contributed by atoms with Crippen molar-refractivity contribution in [1.29, 1.82) is 0 Å². The van der Waals surface area contributed by atoms with Crippen LogP contribution in [-0.2, 0) is 44.8 Å². The Kier molecular flexibility index (Phi) is 17.0. The highest BCUT2D eigenvalue weighted by atomic mass is 35.5. The number of H-pyrrole nitrogens is 2. The molecule has 0 bridgehead atoms. The first kappa shape index (κ1) is 53.9. The lowest BCUT2D eigenvalue weighted by atomic mass is 9.99. The van der Waals surface area contributed by atoms with Crippen LogP contribution < -0.4 is 26.5 Å². The number of aryl methyl sites for hydroxylation is 2. The average molecular weight is 989 g/mol. The molecule has 4 heterocycles. The van der Waals surface area contributed by atoms with E-state index in [-0.39, 0.29) is 48.7 Å². The van der Waals surface area contributed by atoms with Gasteiger partial charge < -0.3 is 49.8 Å². The van der Waals surface area contributed by atoms with E-state index in [0.717, 1.165) is 23.5 Å². The highest BCUT2D eigenvalue weighted by molar-refractivity contribution is 5.95. The molecule has 4 aromatic heterocycles. The number of ether oxygens (including phenoxy) is 1. The summed E-state index contributed by atoms with van der Waals surface area (Å²) in [7, 11) is 3.47. The lowest BCUT2D eigenvalue weighted by molar-refractivity contribution is -0.189. The SMILES string of the molecule is CCc1c(-c2ccc3c(c2)cc(CNC(CF)CF)n3C)[nH]c(=O)c(C(=O)O)c1O.CCc1c(-c2ccc3c(c2)cc(CN[C@@H](C)C(F)(F)F)n3C)[nH]c(=O)c(C(=O)O)c1OC(=O)C(F)(F)F.Cl. The predicted molar refractivity (Wildman–Crippen MR) is 236 cm³/mol. The van der Waals surface area contributed by atoms with Crippen LogP contribution in [0.2, 0.25) is 0 Å². The summed E-state index contributed by atoms with van der Waals surface area (Å²) < 4.78 is 110. The van der Waals surface area contributed by atoms with Gasteiger partial charge in [-0.05, 0) is 67.3 Å². The van der Waals surface area contributed by atoms with Crippen LogP contribution in [0.1, 0.15) is 64.0 Å². The lowest BCUT2D eigenvalue weighted by Crippen LogP contribution is -2.39. The van der Waals surface area contributed by atoms with E-state index < -0.39 is 89.4 Å². The summed E-state index contributed by atoms with van der Waals surface area (Å²) in [6, 6.07) is 10.8. The third-order valence-corrected chi connectivity index (χ3v) is 11.0. The number of aromatic hydroxyl groups is 1. The number of hydrogen-bond donors (Lipinski definition) is 7. The monoisotopic (exact) mass is 988 g/mol. The van der Waals surface area contributed by atoms with Crippen molar-refractivity contribution in [3.05, 3.63) is 103 Å². The number of aromatic carboxylic acids is 2. The summed E-state index contributed by atoms with van der Waals surface area (Å²) in [5.74, 6) is -7.63. The van der Waals surface area contributed by atoms with Crippen molar-refractivity contribution in [3.63, 3.8) is 0 Å². The van der Waals surface area contributed by atoms with Gasteiger partial charge in [0.05, 0.1) is 17.4 Å². The highest BCUT2D eigenvalue weighted by Gasteiger charge is 2.43. The Morgan fingerprint density at radius 1 is 0.721 bits per heavy atom. The van der Waals surface area contributed by atoms with Gasteiger partial charge in [0.15, 0.2) is 16.9 Å². The van der Waals surface area contributed by atoms with Gasteiger partial charge in [0, 0.05) is 71.5 Å². The van der Waals surface area contributed by atoms with Crippen molar-refractivity contribution in [2.75, 3.05) is 13.3 Å². The van der Waals surface area contributed by atoms with Crippen LogP contribution in [0, 0.1) is 0 Å². The third kappa shape index (κ3) is 11.3. The maximum absolute atomic E-state index is 12.8. The van der Waals surface area contributed by atoms with Gasteiger partial charge in [0.1, 0.15) is 25.1 Å². The maximum atomic E-state index is 12.8. The van der Waals surface area contributed by atoms with Crippen LogP contribution in [0.25, 0.3) is 44.3 Å². The van der Waals surface area contributed by atoms with Crippen molar-refractivity contribution in [2.24, 2.45) is 14.1 Å². The zero-order valence-corrected chi connectivity index (χ0v) is 37.5. The average Bonchev–Trinajstić information content (AvgIpc) is 3.75. The molecule has 1 atom stereocenters. The van der Waals surface area contributed by atoms with Gasteiger partial charge in [-0.2, -0.15) is 26.3 Å². The summed E-state index contributed by atoms with van der Waals surface area (Å²) in [6.07, 6.45) is -9.69. The fourth-order valence-corrected chi connectivity index (χ4v) is 7.31. The Morgan fingerprint density at radius 3 is 1.57 bits per heavy atom. The van der Waals surface area contributed by atoms with E-state index in [1.807, 2.05) is 29.8 Å². The fourth-order valence-electron chi connectivity index (χ4n) is 7.31. The molecule has 0 aliphatic carbocycles. The molecular weight excluding hydrogens is 944 g/mol. The highest BCUT2D eigenvalue weighted by Crippen LogP contribution is 2.35. The van der Waals surface area contributed by atoms with Gasteiger partial charge in [0.25, 0.3) is 11.1 Å². The van der Waals surface area contributed by atoms with Gasteiger partial charge in [-0.1, -0.05) is 26.0 Å². The number of halogens is 9. The predicted octanol–water partition coefficient (Wildman–Crippen LogP) is 7.62. The van der Waals surface area contributed by atoms with Crippen molar-refractivity contribution in [1.82, 2.24) is 29.7 Å². The van der Waals surface area contributed by atoms with E-state index in [0.29, 0.717) is 39.8 Å². The number of fused-ring (bicyclic) bond motifs is 2.